The molecule has 0 spiro atoms. The molecule has 0 fully saturated rings. The van der Waals surface area contributed by atoms with E-state index >= 15 is 0 Å². The highest BCUT2D eigenvalue weighted by atomic mass is 16.5. The van der Waals surface area contributed by atoms with Crippen molar-refractivity contribution in [3.8, 4) is 72.1 Å². The van der Waals surface area contributed by atoms with E-state index in [-0.39, 0.29) is 0 Å². The van der Waals surface area contributed by atoms with Crippen LogP contribution in [0.15, 0.2) is 60.7 Å². The summed E-state index contributed by atoms with van der Waals surface area (Å²) in [4.78, 5) is 0. The smallest absolute Gasteiger partial charge is 0.0717 e. The molecule has 3 aromatic carbocycles. The molecule has 3 rings (SSSR count). The Morgan fingerprint density at radius 1 is 0.478 bits per heavy atom. The molecule has 0 saturated heterocycles. The predicted molar refractivity (Wildman–Crippen MR) is 190 cm³/mol. The summed E-state index contributed by atoms with van der Waals surface area (Å²) in [5.74, 6) is 29.6. The van der Waals surface area contributed by atoms with Crippen molar-refractivity contribution >= 4 is 0 Å². The van der Waals surface area contributed by atoms with Gasteiger partial charge in [0, 0.05) is 46.6 Å². The van der Waals surface area contributed by atoms with Crippen LogP contribution in [0.25, 0.3) is 0 Å². The van der Waals surface area contributed by atoms with E-state index in [9.17, 15) is 0 Å². The molecule has 0 heterocycles. The molecule has 46 heavy (non-hydrogen) atoms. The second-order valence-corrected chi connectivity index (χ2v) is 10.9. The average molecular weight is 603 g/mol. The van der Waals surface area contributed by atoms with E-state index in [4.69, 9.17) is 22.3 Å². The summed E-state index contributed by atoms with van der Waals surface area (Å²) in [6.45, 7) is 6.95. The second-order valence-electron chi connectivity index (χ2n) is 10.9. The molecule has 230 valence electrons. The van der Waals surface area contributed by atoms with E-state index in [1.807, 2.05) is 60.7 Å². The fourth-order valence-electron chi connectivity index (χ4n) is 4.59. The van der Waals surface area contributed by atoms with Crippen LogP contribution >= 0.6 is 0 Å². The molecule has 0 bridgehead atoms. The minimum absolute atomic E-state index is 0.521. The predicted octanol–water partition coefficient (Wildman–Crippen LogP) is 8.65. The molecule has 0 atom stereocenters. The topological polar surface area (TPSA) is 18.5 Å². The molecule has 3 aromatic rings. The molecule has 0 amide bonds. The molecule has 0 unspecified atom stereocenters. The van der Waals surface area contributed by atoms with E-state index in [1.54, 1.807) is 0 Å². The molecule has 2 heteroatoms. The normalized spacial score (nSPS) is 9.57. The Morgan fingerprint density at radius 2 is 0.870 bits per heavy atom. The first-order valence-corrected chi connectivity index (χ1v) is 16.1. The number of unbranched alkanes of at least 4 members (excludes halogenated alkanes) is 6. The second kappa shape index (κ2) is 21.6. The van der Waals surface area contributed by atoms with E-state index in [1.165, 1.54) is 38.5 Å². The molecule has 0 aliphatic carbocycles. The van der Waals surface area contributed by atoms with Gasteiger partial charge >= 0.3 is 0 Å². The van der Waals surface area contributed by atoms with Crippen molar-refractivity contribution in [2.45, 2.75) is 78.4 Å². The molecule has 0 N–H and O–H groups in total. The van der Waals surface area contributed by atoms with Gasteiger partial charge in [0.15, 0.2) is 0 Å². The fraction of sp³-hybridized carbons (Fsp3) is 0.318. The van der Waals surface area contributed by atoms with Gasteiger partial charge < -0.3 is 9.47 Å². The summed E-state index contributed by atoms with van der Waals surface area (Å²) in [6, 6.07) is 19.4. The van der Waals surface area contributed by atoms with Crippen LogP contribution in [0.4, 0.5) is 0 Å². The third kappa shape index (κ3) is 14.1. The number of rotatable bonds is 14. The Kier molecular flexibility index (Phi) is 16.6. The van der Waals surface area contributed by atoms with Crippen LogP contribution < -0.4 is 0 Å². The molecule has 2 nitrogen and oxygen atoms in total. The summed E-state index contributed by atoms with van der Waals surface area (Å²) in [7, 11) is 0. The number of benzene rings is 3. The summed E-state index contributed by atoms with van der Waals surface area (Å²) in [5.41, 5.74) is 6.89. The average Bonchev–Trinajstić information content (AvgIpc) is 3.08. The lowest BCUT2D eigenvalue weighted by molar-refractivity contribution is 0.116. The molecule has 0 aromatic heterocycles. The van der Waals surface area contributed by atoms with Gasteiger partial charge in [-0.05, 0) is 102 Å². The van der Waals surface area contributed by atoms with Gasteiger partial charge in [-0.15, -0.1) is 12.8 Å². The highest BCUT2D eigenvalue weighted by Crippen LogP contribution is 2.13. The SMILES string of the molecule is C#Cc1cc(C#CC#Cc2cccc(C#CC#Cc3cc(C#C)cc(COCCCCCC)c3)c2)cc(COCCCCCC)c1. The van der Waals surface area contributed by atoms with Crippen LogP contribution in [-0.4, -0.2) is 13.2 Å². The minimum Gasteiger partial charge on any atom is -0.377 e. The van der Waals surface area contributed by atoms with Crippen molar-refractivity contribution < 1.29 is 9.47 Å². The van der Waals surface area contributed by atoms with E-state index in [0.717, 1.165) is 70.6 Å². The van der Waals surface area contributed by atoms with Gasteiger partial charge in [-0.3, -0.25) is 0 Å². The zero-order valence-electron chi connectivity index (χ0n) is 27.2. The maximum atomic E-state index is 5.84. The summed E-state index contributed by atoms with van der Waals surface area (Å²) < 4.78 is 11.7. The Labute approximate surface area is 277 Å². The number of hydrogen-bond donors (Lipinski definition) is 0. The van der Waals surface area contributed by atoms with Crippen molar-refractivity contribution in [1.29, 1.82) is 0 Å². The molecular formula is C44H42O2. The number of ether oxygens (including phenoxy) is 2. The molecule has 0 saturated carbocycles. The summed E-state index contributed by atoms with van der Waals surface area (Å²) >= 11 is 0. The van der Waals surface area contributed by atoms with Crippen LogP contribution in [0.5, 0.6) is 0 Å². The fourth-order valence-corrected chi connectivity index (χ4v) is 4.59. The maximum absolute atomic E-state index is 5.84. The first-order valence-electron chi connectivity index (χ1n) is 16.1. The van der Waals surface area contributed by atoms with Gasteiger partial charge in [0.05, 0.1) is 13.2 Å². The van der Waals surface area contributed by atoms with Crippen molar-refractivity contribution in [3.63, 3.8) is 0 Å². The van der Waals surface area contributed by atoms with E-state index in [2.05, 4.69) is 73.1 Å². The minimum atomic E-state index is 0.521. The Hall–Kier alpha value is -5.06. The Balaban J connectivity index is 1.61. The first kappa shape index (κ1) is 35.4. The van der Waals surface area contributed by atoms with Crippen molar-refractivity contribution in [2.24, 2.45) is 0 Å². The Bertz CT molecular complexity index is 1640. The highest BCUT2D eigenvalue weighted by molar-refractivity contribution is 5.52. The van der Waals surface area contributed by atoms with Gasteiger partial charge in [0.25, 0.3) is 0 Å². The van der Waals surface area contributed by atoms with Crippen LogP contribution in [0, 0.1) is 72.1 Å². The maximum Gasteiger partial charge on any atom is 0.0717 e. The molecule has 0 aliphatic heterocycles. The van der Waals surface area contributed by atoms with Crippen molar-refractivity contribution in [2.75, 3.05) is 13.2 Å². The van der Waals surface area contributed by atoms with Gasteiger partial charge in [0.2, 0.25) is 0 Å². The van der Waals surface area contributed by atoms with E-state index in [0.29, 0.717) is 13.2 Å². The van der Waals surface area contributed by atoms with Crippen LogP contribution in [0.2, 0.25) is 0 Å². The van der Waals surface area contributed by atoms with Gasteiger partial charge in [-0.1, -0.05) is 94.0 Å². The van der Waals surface area contributed by atoms with Crippen LogP contribution in [0.1, 0.15) is 110 Å². The zero-order chi connectivity index (χ0) is 32.7. The van der Waals surface area contributed by atoms with Crippen molar-refractivity contribution in [3.05, 3.63) is 105 Å². The van der Waals surface area contributed by atoms with Crippen LogP contribution in [-0.2, 0) is 22.7 Å². The molecule has 0 radical (unpaired) electrons. The van der Waals surface area contributed by atoms with Crippen molar-refractivity contribution in [1.82, 2.24) is 0 Å². The molecule has 0 aliphatic rings. The molecular weight excluding hydrogens is 560 g/mol. The van der Waals surface area contributed by atoms with Crippen LogP contribution in [0.3, 0.4) is 0 Å². The third-order valence-electron chi connectivity index (χ3n) is 6.96. The largest absolute Gasteiger partial charge is 0.377 e. The number of terminal acetylenes is 2. The van der Waals surface area contributed by atoms with Gasteiger partial charge in [-0.2, -0.15) is 0 Å². The highest BCUT2D eigenvalue weighted by Gasteiger charge is 2.01. The number of hydrogen-bond acceptors (Lipinski definition) is 2. The quantitative estimate of drug-likeness (QED) is 0.136. The van der Waals surface area contributed by atoms with Gasteiger partial charge in [-0.25, -0.2) is 0 Å². The summed E-state index contributed by atoms with van der Waals surface area (Å²) in [6.07, 6.45) is 20.8. The Morgan fingerprint density at radius 3 is 1.28 bits per heavy atom. The standard InChI is InChI=1S/C44H42O2/c1-5-9-11-17-26-45-35-43-30-37(7-3)28-41(33-43)22-15-13-20-39-24-19-25-40(32-39)21-14-16-23-42-29-38(8-4)31-44(34-42)36-46-27-18-12-10-6-2/h3-4,19,24-25,28-34H,5-6,9-12,17-18,26-27,35-36H2,1-2H3. The first-order chi connectivity index (χ1) is 22.6. The lowest BCUT2D eigenvalue weighted by Gasteiger charge is -2.06. The lowest BCUT2D eigenvalue weighted by Crippen LogP contribution is -1.97. The van der Waals surface area contributed by atoms with Gasteiger partial charge in [0.1, 0.15) is 0 Å². The zero-order valence-corrected chi connectivity index (χ0v) is 27.2. The third-order valence-corrected chi connectivity index (χ3v) is 6.96. The lowest BCUT2D eigenvalue weighted by atomic mass is 10.1. The summed E-state index contributed by atoms with van der Waals surface area (Å²) in [5, 5.41) is 0. The monoisotopic (exact) mass is 602 g/mol. The van der Waals surface area contributed by atoms with E-state index < -0.39 is 0 Å².